The molecule has 12 heteroatoms. The molecule has 2 heterocycles. The molecule has 0 bridgehead atoms. The number of likely N-dealkylation sites (N-methyl/N-ethyl adjacent to an activating group) is 1. The summed E-state index contributed by atoms with van der Waals surface area (Å²) in [5, 5.41) is 34.9. The maximum Gasteiger partial charge on any atom is 0.185 e. The van der Waals surface area contributed by atoms with E-state index in [2.05, 4.69) is 5.32 Å². The zero-order valence-corrected chi connectivity index (χ0v) is 18.2. The van der Waals surface area contributed by atoms with Crippen LogP contribution >= 0.6 is 0 Å². The Labute approximate surface area is 182 Å². The fraction of sp³-hybridized carbons (Fsp3) is 1.00. The first kappa shape index (κ1) is 25.1. The molecule has 2 saturated heterocycles. The van der Waals surface area contributed by atoms with Crippen LogP contribution in [-0.4, -0.2) is 108 Å². The van der Waals surface area contributed by atoms with Gasteiger partial charge in [0.1, 0.15) is 30.0 Å². The van der Waals surface area contributed by atoms with Crippen LogP contribution in [0.2, 0.25) is 0 Å². The maximum absolute atomic E-state index is 11.0. The second kappa shape index (κ2) is 10.2. The summed E-state index contributed by atoms with van der Waals surface area (Å²) in [7, 11) is 1.62. The highest BCUT2D eigenvalue weighted by atomic mass is 16.7. The molecule has 12 N–H and O–H groups in total. The van der Waals surface area contributed by atoms with Crippen LogP contribution in [-0.2, 0) is 18.9 Å². The molecule has 182 valence electrons. The van der Waals surface area contributed by atoms with Crippen LogP contribution < -0.4 is 28.3 Å². The minimum absolute atomic E-state index is 0.0665. The van der Waals surface area contributed by atoms with Crippen LogP contribution in [0.15, 0.2) is 0 Å². The Morgan fingerprint density at radius 3 is 2.19 bits per heavy atom. The van der Waals surface area contributed by atoms with Crippen molar-refractivity contribution in [2.24, 2.45) is 22.9 Å². The molecular formula is C19H39N5O7. The molecule has 0 aromatic heterocycles. The average molecular weight is 450 g/mol. The summed E-state index contributed by atoms with van der Waals surface area (Å²) in [6, 6.07) is -2.26. The van der Waals surface area contributed by atoms with E-state index in [0.717, 1.165) is 6.42 Å². The number of nitrogens with two attached hydrogens (primary N) is 4. The Hall–Kier alpha value is -0.480. The molecule has 12 atom stereocenters. The van der Waals surface area contributed by atoms with Gasteiger partial charge in [0.15, 0.2) is 12.6 Å². The SMILES string of the molecule is CN[C@@H]1[C@@H](O)[C@@H](O[C@H]2[C@H](N)C[C@H](N)C(O[C@H]3O[C@H](CN)CC[C@H]3N)[C@@H]2O)OC[C@]1(C)O. The average Bonchev–Trinajstić information content (AvgIpc) is 2.71. The van der Waals surface area contributed by atoms with E-state index < -0.39 is 60.7 Å². The molecule has 1 unspecified atom stereocenters. The monoisotopic (exact) mass is 449 g/mol. The summed E-state index contributed by atoms with van der Waals surface area (Å²) in [5.41, 5.74) is 23.0. The van der Waals surface area contributed by atoms with Crippen molar-refractivity contribution in [1.29, 1.82) is 0 Å². The molecule has 0 amide bonds. The van der Waals surface area contributed by atoms with Crippen molar-refractivity contribution < 1.29 is 34.3 Å². The molecule has 2 aliphatic heterocycles. The summed E-state index contributed by atoms with van der Waals surface area (Å²) >= 11 is 0. The van der Waals surface area contributed by atoms with E-state index in [-0.39, 0.29) is 18.8 Å². The van der Waals surface area contributed by atoms with Gasteiger partial charge < -0.3 is 62.5 Å². The molecule has 3 rings (SSSR count). The van der Waals surface area contributed by atoms with Crippen LogP contribution in [0.25, 0.3) is 0 Å². The van der Waals surface area contributed by atoms with Gasteiger partial charge in [0, 0.05) is 18.6 Å². The van der Waals surface area contributed by atoms with Crippen LogP contribution in [0.1, 0.15) is 26.2 Å². The summed E-state index contributed by atoms with van der Waals surface area (Å²) in [6.07, 6.45) is -4.48. The normalized spacial score (nSPS) is 51.6. The van der Waals surface area contributed by atoms with Gasteiger partial charge in [-0.05, 0) is 33.2 Å². The van der Waals surface area contributed by atoms with Crippen molar-refractivity contribution >= 4 is 0 Å². The zero-order chi connectivity index (χ0) is 22.9. The molecule has 0 aromatic rings. The summed E-state index contributed by atoms with van der Waals surface area (Å²) < 4.78 is 23.3. The van der Waals surface area contributed by atoms with Gasteiger partial charge in [0.05, 0.1) is 24.8 Å². The van der Waals surface area contributed by atoms with Gasteiger partial charge >= 0.3 is 0 Å². The molecule has 1 aliphatic carbocycles. The van der Waals surface area contributed by atoms with Crippen LogP contribution in [0.4, 0.5) is 0 Å². The van der Waals surface area contributed by atoms with E-state index in [1.165, 1.54) is 0 Å². The molecule has 0 spiro atoms. The number of hydrogen-bond donors (Lipinski definition) is 8. The first-order chi connectivity index (χ1) is 14.6. The number of nitrogens with one attached hydrogen (secondary N) is 1. The molecule has 3 aliphatic rings. The second-order valence-electron chi connectivity index (χ2n) is 9.15. The molecular weight excluding hydrogens is 410 g/mol. The van der Waals surface area contributed by atoms with E-state index in [4.69, 9.17) is 41.9 Å². The Morgan fingerprint density at radius 2 is 1.61 bits per heavy atom. The molecule has 0 radical (unpaired) electrons. The number of ether oxygens (including phenoxy) is 4. The minimum atomic E-state index is -1.29. The maximum atomic E-state index is 11.0. The molecule has 31 heavy (non-hydrogen) atoms. The first-order valence-corrected chi connectivity index (χ1v) is 10.9. The van der Waals surface area contributed by atoms with Crippen molar-refractivity contribution in [3.8, 4) is 0 Å². The first-order valence-electron chi connectivity index (χ1n) is 10.9. The van der Waals surface area contributed by atoms with E-state index in [1.807, 2.05) is 0 Å². The third kappa shape index (κ3) is 5.37. The lowest BCUT2D eigenvalue weighted by molar-refractivity contribution is -0.306. The van der Waals surface area contributed by atoms with Crippen LogP contribution in [0.3, 0.4) is 0 Å². The van der Waals surface area contributed by atoms with Gasteiger partial charge in [0.2, 0.25) is 0 Å². The van der Waals surface area contributed by atoms with Crippen molar-refractivity contribution in [3.05, 3.63) is 0 Å². The third-order valence-corrected chi connectivity index (χ3v) is 6.55. The van der Waals surface area contributed by atoms with Crippen molar-refractivity contribution in [1.82, 2.24) is 5.32 Å². The molecule has 0 aromatic carbocycles. The largest absolute Gasteiger partial charge is 0.388 e. The number of aliphatic hydroxyl groups excluding tert-OH is 2. The van der Waals surface area contributed by atoms with Crippen molar-refractivity contribution in [3.63, 3.8) is 0 Å². The smallest absolute Gasteiger partial charge is 0.185 e. The van der Waals surface area contributed by atoms with E-state index in [0.29, 0.717) is 19.4 Å². The Kier molecular flexibility index (Phi) is 8.27. The van der Waals surface area contributed by atoms with Gasteiger partial charge in [-0.25, -0.2) is 0 Å². The highest BCUT2D eigenvalue weighted by Gasteiger charge is 2.50. The van der Waals surface area contributed by atoms with Crippen molar-refractivity contribution in [2.75, 3.05) is 20.2 Å². The third-order valence-electron chi connectivity index (χ3n) is 6.55. The Morgan fingerprint density at radius 1 is 1.00 bits per heavy atom. The molecule has 12 nitrogen and oxygen atoms in total. The number of hydrogen-bond acceptors (Lipinski definition) is 12. The van der Waals surface area contributed by atoms with E-state index in [1.54, 1.807) is 14.0 Å². The van der Waals surface area contributed by atoms with Gasteiger partial charge in [-0.3, -0.25) is 0 Å². The second-order valence-corrected chi connectivity index (χ2v) is 9.15. The lowest BCUT2D eigenvalue weighted by Gasteiger charge is -2.48. The van der Waals surface area contributed by atoms with Gasteiger partial charge in [-0.1, -0.05) is 0 Å². The standard InChI is InChI=1S/C19H39N5O7/c1-19(27)7-28-18(13(26)16(19)24-2)31-15-11(23)5-10(22)14(12(15)25)30-17-9(21)4-3-8(6-20)29-17/h8-18,24-27H,3-7,20-23H2,1-2H3/t8-,9+,10-,11+,12-,13+,14?,15-,16+,17+,18+,19-/m0/s1. The summed E-state index contributed by atoms with van der Waals surface area (Å²) in [5.74, 6) is 0. The molecule has 3 fully saturated rings. The number of aliphatic hydroxyl groups is 3. The lowest BCUT2D eigenvalue weighted by Crippen LogP contribution is -2.68. The Bertz CT molecular complexity index is 588. The topological polar surface area (TPSA) is 214 Å². The zero-order valence-electron chi connectivity index (χ0n) is 18.2. The fourth-order valence-electron chi connectivity index (χ4n) is 4.69. The van der Waals surface area contributed by atoms with E-state index in [9.17, 15) is 15.3 Å². The Balaban J connectivity index is 1.68. The highest BCUT2D eigenvalue weighted by Crippen LogP contribution is 2.31. The summed E-state index contributed by atoms with van der Waals surface area (Å²) in [6.45, 7) is 1.83. The fourth-order valence-corrected chi connectivity index (χ4v) is 4.69. The van der Waals surface area contributed by atoms with Crippen LogP contribution in [0, 0.1) is 0 Å². The summed E-state index contributed by atoms with van der Waals surface area (Å²) in [4.78, 5) is 0. The quantitative estimate of drug-likeness (QED) is 0.195. The highest BCUT2D eigenvalue weighted by molar-refractivity contribution is 5.01. The predicted molar refractivity (Wildman–Crippen MR) is 110 cm³/mol. The van der Waals surface area contributed by atoms with Crippen molar-refractivity contribution in [2.45, 2.75) is 99.1 Å². The minimum Gasteiger partial charge on any atom is -0.388 e. The lowest BCUT2D eigenvalue weighted by atomic mass is 9.84. The van der Waals surface area contributed by atoms with Gasteiger partial charge in [0.25, 0.3) is 0 Å². The van der Waals surface area contributed by atoms with Gasteiger partial charge in [-0.15, -0.1) is 0 Å². The van der Waals surface area contributed by atoms with Gasteiger partial charge in [-0.2, -0.15) is 0 Å². The van der Waals surface area contributed by atoms with Crippen LogP contribution in [0.5, 0.6) is 0 Å². The predicted octanol–water partition coefficient (Wildman–Crippen LogP) is -3.98. The molecule has 1 saturated carbocycles. The van der Waals surface area contributed by atoms with E-state index >= 15 is 0 Å². The number of rotatable bonds is 6.